The number of fused-ring (bicyclic) bond motifs is 1. The molecule has 0 radical (unpaired) electrons. The molecule has 49 heavy (non-hydrogen) atoms. The minimum atomic E-state index is 1.13. The maximum Gasteiger partial charge on any atom is 0.0540 e. The van der Waals surface area contributed by atoms with Gasteiger partial charge in [0.15, 0.2) is 0 Å². The fourth-order valence-corrected chi connectivity index (χ4v) is 6.19. The average molecular weight is 631 g/mol. The van der Waals surface area contributed by atoms with Crippen LogP contribution < -0.4 is 9.80 Å². The van der Waals surface area contributed by atoms with Crippen molar-refractivity contribution in [2.24, 2.45) is 0 Å². The zero-order valence-electron chi connectivity index (χ0n) is 27.6. The van der Waals surface area contributed by atoms with E-state index in [0.717, 1.165) is 28.3 Å². The molecule has 7 aromatic carbocycles. The number of hydrogen-bond acceptors (Lipinski definition) is 2. The Balaban J connectivity index is 1.11. The summed E-state index contributed by atoms with van der Waals surface area (Å²) in [5.41, 5.74) is 10.4. The molecule has 0 saturated carbocycles. The van der Waals surface area contributed by atoms with Crippen LogP contribution in [0, 0.1) is 0 Å². The summed E-state index contributed by atoms with van der Waals surface area (Å²) in [6.45, 7) is 0. The van der Waals surface area contributed by atoms with Crippen molar-refractivity contribution in [3.05, 3.63) is 223 Å². The standard InChI is InChI=1S/C47H38N2/c1-48(36-46(38-19-6-2-7-20-38)39-21-8-3-9-22-39)41-33-30-37(31-34-41)18-14-15-23-40-32-35-47(45-29-17-16-28-44(40)45)49(42-24-10-4-11-25-42)43-26-12-5-13-27-43/h2-36H,1H3/b18-14+,23-15+. The van der Waals surface area contributed by atoms with E-state index >= 15 is 0 Å². The van der Waals surface area contributed by atoms with Crippen LogP contribution in [0.4, 0.5) is 22.7 Å². The second-order valence-corrected chi connectivity index (χ2v) is 11.9. The van der Waals surface area contributed by atoms with Gasteiger partial charge in [-0.1, -0.05) is 164 Å². The van der Waals surface area contributed by atoms with Crippen molar-refractivity contribution in [1.82, 2.24) is 0 Å². The van der Waals surface area contributed by atoms with Gasteiger partial charge < -0.3 is 9.80 Å². The number of allylic oxidation sites excluding steroid dienone is 2. The molecule has 0 aliphatic rings. The predicted molar refractivity (Wildman–Crippen MR) is 212 cm³/mol. The van der Waals surface area contributed by atoms with Gasteiger partial charge in [-0.3, -0.25) is 0 Å². The van der Waals surface area contributed by atoms with Gasteiger partial charge >= 0.3 is 0 Å². The van der Waals surface area contributed by atoms with Crippen LogP contribution in [0.2, 0.25) is 0 Å². The average Bonchev–Trinajstić information content (AvgIpc) is 3.18. The zero-order chi connectivity index (χ0) is 33.3. The molecule has 2 nitrogen and oxygen atoms in total. The molecule has 0 aliphatic heterocycles. The van der Waals surface area contributed by atoms with E-state index < -0.39 is 0 Å². The first-order valence-electron chi connectivity index (χ1n) is 16.7. The summed E-state index contributed by atoms with van der Waals surface area (Å²) in [4.78, 5) is 4.52. The van der Waals surface area contributed by atoms with Crippen LogP contribution >= 0.6 is 0 Å². The van der Waals surface area contributed by atoms with Crippen LogP contribution in [-0.2, 0) is 0 Å². The van der Waals surface area contributed by atoms with E-state index in [9.17, 15) is 0 Å². The molecule has 0 unspecified atom stereocenters. The van der Waals surface area contributed by atoms with E-state index in [2.05, 4.69) is 229 Å². The molecule has 0 heterocycles. The van der Waals surface area contributed by atoms with Gasteiger partial charge in [0.05, 0.1) is 5.69 Å². The minimum Gasteiger partial charge on any atom is -0.350 e. The summed E-state index contributed by atoms with van der Waals surface area (Å²) >= 11 is 0. The van der Waals surface area contributed by atoms with Crippen molar-refractivity contribution < 1.29 is 0 Å². The first-order valence-corrected chi connectivity index (χ1v) is 16.7. The highest BCUT2D eigenvalue weighted by Gasteiger charge is 2.15. The topological polar surface area (TPSA) is 6.48 Å². The van der Waals surface area contributed by atoms with Crippen molar-refractivity contribution in [1.29, 1.82) is 0 Å². The van der Waals surface area contributed by atoms with Gasteiger partial charge in [0.2, 0.25) is 0 Å². The molecule has 0 aromatic heterocycles. The molecule has 0 saturated heterocycles. The highest BCUT2D eigenvalue weighted by atomic mass is 15.1. The molecule has 7 rings (SSSR count). The van der Waals surface area contributed by atoms with Gasteiger partial charge in [-0.15, -0.1) is 0 Å². The van der Waals surface area contributed by atoms with Crippen LogP contribution in [0.5, 0.6) is 0 Å². The van der Waals surface area contributed by atoms with E-state index in [4.69, 9.17) is 0 Å². The highest BCUT2D eigenvalue weighted by Crippen LogP contribution is 2.39. The number of hydrogen-bond donors (Lipinski definition) is 0. The summed E-state index contributed by atoms with van der Waals surface area (Å²) in [6, 6.07) is 64.0. The van der Waals surface area contributed by atoms with Gasteiger partial charge in [-0.05, 0) is 70.1 Å². The Kier molecular flexibility index (Phi) is 9.57. The molecule has 0 amide bonds. The SMILES string of the molecule is CN(C=C(c1ccccc1)c1ccccc1)c1ccc(/C=C/C=C/c2ccc(N(c3ccccc3)c3ccccc3)c3ccccc23)cc1. The molecular formula is C47H38N2. The smallest absolute Gasteiger partial charge is 0.0540 e. The van der Waals surface area contributed by atoms with Crippen molar-refractivity contribution in [3.63, 3.8) is 0 Å². The minimum absolute atomic E-state index is 1.13. The van der Waals surface area contributed by atoms with Crippen LogP contribution in [0.3, 0.4) is 0 Å². The molecule has 0 fully saturated rings. The van der Waals surface area contributed by atoms with Gasteiger partial charge in [-0.2, -0.15) is 0 Å². The molecule has 7 aromatic rings. The lowest BCUT2D eigenvalue weighted by Crippen LogP contribution is -2.10. The summed E-state index contributed by atoms with van der Waals surface area (Å²) < 4.78 is 0. The third-order valence-electron chi connectivity index (χ3n) is 8.67. The highest BCUT2D eigenvalue weighted by molar-refractivity contribution is 6.02. The summed E-state index contributed by atoms with van der Waals surface area (Å²) in [5.74, 6) is 0. The van der Waals surface area contributed by atoms with Crippen molar-refractivity contribution >= 4 is 51.2 Å². The Bertz CT molecular complexity index is 2120. The molecule has 236 valence electrons. The van der Waals surface area contributed by atoms with E-state index in [1.54, 1.807) is 0 Å². The maximum atomic E-state index is 2.33. The third kappa shape index (κ3) is 7.30. The predicted octanol–water partition coefficient (Wildman–Crippen LogP) is 12.6. The quantitative estimate of drug-likeness (QED) is 0.139. The fraction of sp³-hybridized carbons (Fsp3) is 0.0213. The Labute approximate surface area is 289 Å². The Morgan fingerprint density at radius 2 is 0.918 bits per heavy atom. The number of nitrogens with zero attached hydrogens (tertiary/aromatic N) is 2. The molecular weight excluding hydrogens is 593 g/mol. The van der Waals surface area contributed by atoms with Crippen molar-refractivity contribution in [3.8, 4) is 0 Å². The maximum absolute atomic E-state index is 2.33. The van der Waals surface area contributed by atoms with Gasteiger partial charge in [-0.25, -0.2) is 0 Å². The molecule has 0 bridgehead atoms. The van der Waals surface area contributed by atoms with Crippen LogP contribution in [0.15, 0.2) is 200 Å². The Morgan fingerprint density at radius 3 is 1.49 bits per heavy atom. The molecule has 0 N–H and O–H groups in total. The number of para-hydroxylation sites is 2. The normalized spacial score (nSPS) is 11.2. The van der Waals surface area contributed by atoms with Crippen molar-refractivity contribution in [2.45, 2.75) is 0 Å². The Hall–Kier alpha value is -6.38. The first-order chi connectivity index (χ1) is 24.2. The monoisotopic (exact) mass is 630 g/mol. The third-order valence-corrected chi connectivity index (χ3v) is 8.67. The number of rotatable bonds is 10. The van der Waals surface area contributed by atoms with E-state index in [-0.39, 0.29) is 0 Å². The lowest BCUT2D eigenvalue weighted by atomic mass is 9.99. The second kappa shape index (κ2) is 15.0. The van der Waals surface area contributed by atoms with E-state index in [0.29, 0.717) is 0 Å². The Morgan fingerprint density at radius 1 is 0.429 bits per heavy atom. The summed E-state index contributed by atoms with van der Waals surface area (Å²) in [6.07, 6.45) is 10.8. The largest absolute Gasteiger partial charge is 0.350 e. The summed E-state index contributed by atoms with van der Waals surface area (Å²) in [5, 5.41) is 2.42. The molecule has 0 spiro atoms. The molecule has 2 heteroatoms. The number of anilines is 4. The zero-order valence-corrected chi connectivity index (χ0v) is 27.6. The first kappa shape index (κ1) is 31.2. The van der Waals surface area contributed by atoms with Gasteiger partial charge in [0.1, 0.15) is 0 Å². The van der Waals surface area contributed by atoms with Crippen LogP contribution in [0.25, 0.3) is 28.5 Å². The molecule has 0 aliphatic carbocycles. The lowest BCUT2D eigenvalue weighted by molar-refractivity contribution is 1.20. The second-order valence-electron chi connectivity index (χ2n) is 11.9. The number of benzene rings is 7. The van der Waals surface area contributed by atoms with Crippen LogP contribution in [0.1, 0.15) is 22.3 Å². The van der Waals surface area contributed by atoms with Gasteiger partial charge in [0, 0.05) is 41.3 Å². The lowest BCUT2D eigenvalue weighted by Gasteiger charge is -2.27. The van der Waals surface area contributed by atoms with Crippen LogP contribution in [-0.4, -0.2) is 7.05 Å². The van der Waals surface area contributed by atoms with E-state index in [1.165, 1.54) is 33.0 Å². The van der Waals surface area contributed by atoms with Crippen molar-refractivity contribution in [2.75, 3.05) is 16.8 Å². The van der Waals surface area contributed by atoms with E-state index in [1.807, 2.05) is 0 Å². The summed E-state index contributed by atoms with van der Waals surface area (Å²) in [7, 11) is 2.11. The molecule has 0 atom stereocenters. The van der Waals surface area contributed by atoms with Gasteiger partial charge in [0.25, 0.3) is 0 Å². The fourth-order valence-electron chi connectivity index (χ4n) is 6.19.